The van der Waals surface area contributed by atoms with E-state index in [9.17, 15) is 9.59 Å². The second-order valence-electron chi connectivity index (χ2n) is 9.11. The number of nitrogens with one attached hydrogen (secondary N) is 2. The monoisotopic (exact) mass is 465 g/mol. The maximum atomic E-state index is 13.2. The van der Waals surface area contributed by atoms with Gasteiger partial charge in [-0.2, -0.15) is 0 Å². The van der Waals surface area contributed by atoms with Crippen LogP contribution in [0.5, 0.6) is 5.75 Å². The second kappa shape index (κ2) is 12.0. The number of ether oxygens (including phenoxy) is 2. The van der Waals surface area contributed by atoms with Gasteiger partial charge in [0, 0.05) is 31.4 Å². The van der Waals surface area contributed by atoms with Crippen molar-refractivity contribution in [2.45, 2.75) is 37.8 Å². The molecule has 0 aromatic heterocycles. The van der Waals surface area contributed by atoms with E-state index in [0.717, 1.165) is 57.6 Å². The van der Waals surface area contributed by atoms with E-state index in [-0.39, 0.29) is 11.8 Å². The van der Waals surface area contributed by atoms with Crippen LogP contribution in [-0.4, -0.2) is 62.7 Å². The molecule has 4 rings (SSSR count). The fourth-order valence-corrected chi connectivity index (χ4v) is 4.82. The summed E-state index contributed by atoms with van der Waals surface area (Å²) in [7, 11) is 1.58. The van der Waals surface area contributed by atoms with Crippen LogP contribution in [0, 0.1) is 5.92 Å². The molecule has 34 heavy (non-hydrogen) atoms. The van der Waals surface area contributed by atoms with Crippen LogP contribution in [0.2, 0.25) is 0 Å². The Labute approximate surface area is 201 Å². The predicted octanol–water partition coefficient (Wildman–Crippen LogP) is 3.17. The Kier molecular flexibility index (Phi) is 8.55. The number of rotatable bonds is 8. The first-order valence-corrected chi connectivity index (χ1v) is 12.2. The summed E-state index contributed by atoms with van der Waals surface area (Å²) in [5.41, 5.74) is 1.24. The van der Waals surface area contributed by atoms with Crippen LogP contribution in [0.4, 0.5) is 0 Å². The van der Waals surface area contributed by atoms with Gasteiger partial charge < -0.3 is 25.0 Å². The Bertz CT molecular complexity index is 921. The maximum Gasteiger partial charge on any atom is 0.252 e. The Hall–Kier alpha value is -2.90. The number of hydrogen-bond acceptors (Lipinski definition) is 5. The van der Waals surface area contributed by atoms with Crippen LogP contribution in [0.25, 0.3) is 0 Å². The number of benzene rings is 2. The third-order valence-electron chi connectivity index (χ3n) is 6.94. The first-order valence-electron chi connectivity index (χ1n) is 12.2. The Morgan fingerprint density at radius 3 is 2.32 bits per heavy atom. The average molecular weight is 466 g/mol. The molecule has 2 aromatic carbocycles. The van der Waals surface area contributed by atoms with Crippen LogP contribution >= 0.6 is 0 Å². The maximum absolute atomic E-state index is 13.2. The van der Waals surface area contributed by atoms with Crippen molar-refractivity contribution >= 4 is 11.8 Å². The molecule has 2 aromatic rings. The minimum atomic E-state index is -0.752. The lowest BCUT2D eigenvalue weighted by Gasteiger charge is -2.39. The second-order valence-corrected chi connectivity index (χ2v) is 9.11. The van der Waals surface area contributed by atoms with Crippen LogP contribution in [0.15, 0.2) is 54.6 Å². The number of likely N-dealkylation sites (tertiary alicyclic amines) is 1. The van der Waals surface area contributed by atoms with Gasteiger partial charge in [-0.1, -0.05) is 30.3 Å². The molecular formula is C27H35N3O4. The van der Waals surface area contributed by atoms with Crippen molar-refractivity contribution in [2.24, 2.45) is 5.92 Å². The van der Waals surface area contributed by atoms with Gasteiger partial charge in [0.1, 0.15) is 11.8 Å². The zero-order valence-electron chi connectivity index (χ0n) is 19.9. The van der Waals surface area contributed by atoms with Crippen LogP contribution in [0.3, 0.4) is 0 Å². The summed E-state index contributed by atoms with van der Waals surface area (Å²) < 4.78 is 10.7. The van der Waals surface area contributed by atoms with E-state index in [0.29, 0.717) is 29.8 Å². The van der Waals surface area contributed by atoms with Crippen molar-refractivity contribution in [3.05, 3.63) is 65.7 Å². The normalized spacial score (nSPS) is 18.7. The molecule has 0 bridgehead atoms. The number of piperidine rings is 1. The largest absolute Gasteiger partial charge is 0.497 e. The summed E-state index contributed by atoms with van der Waals surface area (Å²) >= 11 is 0. The Balaban J connectivity index is 1.33. The lowest BCUT2D eigenvalue weighted by molar-refractivity contribution is -0.123. The van der Waals surface area contributed by atoms with Gasteiger partial charge in [-0.05, 0) is 74.5 Å². The number of carbonyl (C=O) groups is 2. The summed E-state index contributed by atoms with van der Waals surface area (Å²) in [5.74, 6) is 0.655. The van der Waals surface area contributed by atoms with E-state index in [4.69, 9.17) is 9.47 Å². The summed E-state index contributed by atoms with van der Waals surface area (Å²) in [4.78, 5) is 28.7. The molecule has 0 aliphatic carbocycles. The minimum absolute atomic E-state index is 0.181. The van der Waals surface area contributed by atoms with Crippen molar-refractivity contribution in [3.8, 4) is 5.75 Å². The topological polar surface area (TPSA) is 79.9 Å². The molecular weight excluding hydrogens is 430 g/mol. The van der Waals surface area contributed by atoms with Gasteiger partial charge in [0.05, 0.1) is 7.11 Å². The zero-order chi connectivity index (χ0) is 23.8. The molecule has 7 heteroatoms. The van der Waals surface area contributed by atoms with Crippen molar-refractivity contribution in [1.82, 2.24) is 15.5 Å². The van der Waals surface area contributed by atoms with E-state index in [1.807, 2.05) is 30.3 Å². The predicted molar refractivity (Wildman–Crippen MR) is 131 cm³/mol. The minimum Gasteiger partial charge on any atom is -0.497 e. The lowest BCUT2D eigenvalue weighted by Crippen LogP contribution is -2.46. The van der Waals surface area contributed by atoms with Crippen molar-refractivity contribution in [3.63, 3.8) is 0 Å². The molecule has 2 heterocycles. The van der Waals surface area contributed by atoms with Gasteiger partial charge in [-0.15, -0.1) is 0 Å². The molecule has 0 unspecified atom stereocenters. The first-order chi connectivity index (χ1) is 16.6. The molecule has 1 atom stereocenters. The smallest absolute Gasteiger partial charge is 0.252 e. The fraction of sp³-hybridized carbons (Fsp3) is 0.481. The van der Waals surface area contributed by atoms with Crippen molar-refractivity contribution in [1.29, 1.82) is 0 Å². The highest BCUT2D eigenvalue weighted by Gasteiger charge is 2.28. The summed E-state index contributed by atoms with van der Waals surface area (Å²) in [6.45, 7) is 4.50. The fourth-order valence-electron chi connectivity index (χ4n) is 4.82. The highest BCUT2D eigenvalue weighted by atomic mass is 16.5. The Morgan fingerprint density at radius 2 is 1.68 bits per heavy atom. The quantitative estimate of drug-likeness (QED) is 0.626. The molecule has 2 fully saturated rings. The molecule has 7 nitrogen and oxygen atoms in total. The van der Waals surface area contributed by atoms with E-state index in [2.05, 4.69) is 15.5 Å². The van der Waals surface area contributed by atoms with Crippen molar-refractivity contribution in [2.75, 3.05) is 40.0 Å². The number of nitrogens with zero attached hydrogens (tertiary/aromatic N) is 1. The molecule has 2 aliphatic heterocycles. The van der Waals surface area contributed by atoms with Crippen LogP contribution in [-0.2, 0) is 9.53 Å². The van der Waals surface area contributed by atoms with Gasteiger partial charge in [0.25, 0.3) is 5.91 Å². The third-order valence-corrected chi connectivity index (χ3v) is 6.94. The number of amides is 2. The highest BCUT2D eigenvalue weighted by molar-refractivity contribution is 5.98. The average Bonchev–Trinajstić information content (AvgIpc) is 2.91. The van der Waals surface area contributed by atoms with Gasteiger partial charge in [-0.25, -0.2) is 0 Å². The van der Waals surface area contributed by atoms with Gasteiger partial charge in [0.2, 0.25) is 5.91 Å². The molecule has 0 saturated carbocycles. The molecule has 2 N–H and O–H groups in total. The van der Waals surface area contributed by atoms with E-state index in [1.165, 1.54) is 0 Å². The highest BCUT2D eigenvalue weighted by Crippen LogP contribution is 2.23. The van der Waals surface area contributed by atoms with E-state index in [1.54, 1.807) is 31.4 Å². The van der Waals surface area contributed by atoms with Gasteiger partial charge in [0.15, 0.2) is 0 Å². The molecule has 182 valence electrons. The molecule has 2 amide bonds. The standard InChI is InChI=1S/C27H35N3O4/c1-33-24-9-7-22(8-10-24)26(31)29-25(21-5-3-2-4-6-21)27(32)28-19-20-11-15-30(16-12-20)23-13-17-34-18-14-23/h2-10,20,23,25H,11-19H2,1H3,(H,28,32)(H,29,31)/t25-/m1/s1. The van der Waals surface area contributed by atoms with E-state index >= 15 is 0 Å². The SMILES string of the molecule is COc1ccc(C(=O)N[C@@H](C(=O)NCC2CCN(C3CCOCC3)CC2)c2ccccc2)cc1. The summed E-state index contributed by atoms with van der Waals surface area (Å²) in [6.07, 6.45) is 4.39. The molecule has 2 aliphatic rings. The first kappa shape index (κ1) is 24.2. The zero-order valence-corrected chi connectivity index (χ0v) is 19.9. The third kappa shape index (κ3) is 6.36. The lowest BCUT2D eigenvalue weighted by atomic mass is 9.94. The number of methoxy groups -OCH3 is 1. The van der Waals surface area contributed by atoms with E-state index < -0.39 is 6.04 Å². The van der Waals surface area contributed by atoms with Crippen LogP contribution < -0.4 is 15.4 Å². The number of carbonyl (C=O) groups excluding carboxylic acids is 2. The van der Waals surface area contributed by atoms with Gasteiger partial charge >= 0.3 is 0 Å². The van der Waals surface area contributed by atoms with Crippen LogP contribution in [0.1, 0.15) is 47.6 Å². The van der Waals surface area contributed by atoms with Crippen molar-refractivity contribution < 1.29 is 19.1 Å². The molecule has 0 radical (unpaired) electrons. The summed E-state index contributed by atoms with van der Waals surface area (Å²) in [5, 5.41) is 6.02. The molecule has 2 saturated heterocycles. The van der Waals surface area contributed by atoms with Gasteiger partial charge in [-0.3, -0.25) is 9.59 Å². The Morgan fingerprint density at radius 1 is 1.00 bits per heavy atom. The summed E-state index contributed by atoms with van der Waals surface area (Å²) in [6, 6.07) is 16.1. The number of hydrogen-bond donors (Lipinski definition) is 2. The molecule has 0 spiro atoms.